The zero-order valence-electron chi connectivity index (χ0n) is 9.43. The summed E-state index contributed by atoms with van der Waals surface area (Å²) in [4.78, 5) is 1.89. The van der Waals surface area contributed by atoms with Gasteiger partial charge in [-0.1, -0.05) is 35.5 Å². The van der Waals surface area contributed by atoms with Crippen LogP contribution < -0.4 is 0 Å². The summed E-state index contributed by atoms with van der Waals surface area (Å²) in [6, 6.07) is 15.0. The van der Waals surface area contributed by atoms with Gasteiger partial charge in [-0.15, -0.1) is 0 Å². The van der Waals surface area contributed by atoms with Gasteiger partial charge < -0.3 is 5.11 Å². The van der Waals surface area contributed by atoms with Crippen molar-refractivity contribution in [2.24, 2.45) is 0 Å². The molecule has 0 fully saturated rings. The maximum absolute atomic E-state index is 9.05. The van der Waals surface area contributed by atoms with Gasteiger partial charge >= 0.3 is 0 Å². The molecule has 0 saturated heterocycles. The average Bonchev–Trinajstić information content (AvgIpc) is 2.41. The van der Waals surface area contributed by atoms with E-state index in [9.17, 15) is 0 Å². The molecule has 0 aromatic heterocycles. The highest BCUT2D eigenvalue weighted by Crippen LogP contribution is 2.31. The van der Waals surface area contributed by atoms with Crippen LogP contribution in [0.3, 0.4) is 0 Å². The summed E-state index contributed by atoms with van der Waals surface area (Å²) in [7, 11) is 0. The third-order valence-corrected chi connectivity index (χ3v) is 3.71. The highest BCUT2D eigenvalue weighted by atomic mass is 35.5. The highest BCUT2D eigenvalue weighted by molar-refractivity contribution is 7.99. The third kappa shape index (κ3) is 3.05. The van der Waals surface area contributed by atoms with Gasteiger partial charge in [-0.25, -0.2) is 0 Å². The first-order valence-corrected chi connectivity index (χ1v) is 6.49. The van der Waals surface area contributed by atoms with Gasteiger partial charge in [0.1, 0.15) is 6.07 Å². The number of hydrogen-bond donors (Lipinski definition) is 1. The maximum Gasteiger partial charge on any atom is 0.100 e. The van der Waals surface area contributed by atoms with Gasteiger partial charge in [0, 0.05) is 14.8 Å². The van der Waals surface area contributed by atoms with Gasteiger partial charge in [0.25, 0.3) is 0 Å². The van der Waals surface area contributed by atoms with Crippen LogP contribution in [-0.2, 0) is 6.61 Å². The van der Waals surface area contributed by atoms with Crippen LogP contribution in [0.15, 0.2) is 52.3 Å². The Balaban J connectivity index is 2.25. The van der Waals surface area contributed by atoms with Crippen LogP contribution in [0.2, 0.25) is 5.02 Å². The minimum atomic E-state index is 0.0370. The van der Waals surface area contributed by atoms with E-state index in [1.807, 2.05) is 30.3 Å². The van der Waals surface area contributed by atoms with Crippen LogP contribution >= 0.6 is 23.4 Å². The minimum absolute atomic E-state index is 0.0370. The van der Waals surface area contributed by atoms with E-state index in [4.69, 9.17) is 22.0 Å². The van der Waals surface area contributed by atoms with E-state index in [1.54, 1.807) is 12.1 Å². The third-order valence-electron chi connectivity index (χ3n) is 2.40. The summed E-state index contributed by atoms with van der Waals surface area (Å²) < 4.78 is 0. The highest BCUT2D eigenvalue weighted by Gasteiger charge is 2.05. The molecule has 18 heavy (non-hydrogen) atoms. The fourth-order valence-electron chi connectivity index (χ4n) is 1.47. The number of hydrogen-bond acceptors (Lipinski definition) is 3. The lowest BCUT2D eigenvalue weighted by molar-refractivity contribution is 0.282. The summed E-state index contributed by atoms with van der Waals surface area (Å²) in [6.45, 7) is 0.0370. The van der Waals surface area contributed by atoms with Crippen molar-refractivity contribution in [2.45, 2.75) is 16.4 Å². The molecule has 0 bridgehead atoms. The molecule has 1 N–H and O–H groups in total. The zero-order valence-corrected chi connectivity index (χ0v) is 11.0. The SMILES string of the molecule is N#Cc1cc(Cl)ccc1Sc1ccc(CO)cc1. The molecule has 0 aliphatic heterocycles. The number of aliphatic hydroxyl groups excluding tert-OH is 1. The molecule has 0 spiro atoms. The molecule has 4 heteroatoms. The predicted molar refractivity (Wildman–Crippen MR) is 72.7 cm³/mol. The van der Waals surface area contributed by atoms with E-state index in [0.717, 1.165) is 15.4 Å². The van der Waals surface area contributed by atoms with Gasteiger partial charge in [0.15, 0.2) is 0 Å². The van der Waals surface area contributed by atoms with Crippen LogP contribution in [0.25, 0.3) is 0 Å². The lowest BCUT2D eigenvalue weighted by Crippen LogP contribution is -1.84. The molecule has 0 heterocycles. The van der Waals surface area contributed by atoms with Crippen LogP contribution in [0, 0.1) is 11.3 Å². The molecule has 0 aliphatic carbocycles. The monoisotopic (exact) mass is 275 g/mol. The summed E-state index contributed by atoms with van der Waals surface area (Å²) in [5, 5.41) is 18.6. The van der Waals surface area contributed by atoms with E-state index in [1.165, 1.54) is 11.8 Å². The Bertz CT molecular complexity index is 590. The Hall–Kier alpha value is -1.47. The molecule has 0 unspecified atom stereocenters. The van der Waals surface area contributed by atoms with Gasteiger partial charge in [-0.05, 0) is 35.9 Å². The molecule has 2 rings (SSSR count). The van der Waals surface area contributed by atoms with Crippen molar-refractivity contribution in [3.63, 3.8) is 0 Å². The lowest BCUT2D eigenvalue weighted by Gasteiger charge is -2.05. The van der Waals surface area contributed by atoms with Crippen LogP contribution in [0.4, 0.5) is 0 Å². The number of halogens is 1. The molecule has 90 valence electrons. The Kier molecular flexibility index (Phi) is 4.27. The smallest absolute Gasteiger partial charge is 0.100 e. The standard InChI is InChI=1S/C14H10ClNOS/c15-12-3-6-14(11(7-12)8-16)18-13-4-1-10(9-17)2-5-13/h1-7,17H,9H2. The van der Waals surface area contributed by atoms with Crippen molar-refractivity contribution in [1.82, 2.24) is 0 Å². The number of benzene rings is 2. The lowest BCUT2D eigenvalue weighted by atomic mass is 10.2. The number of nitriles is 1. The molecule has 0 amide bonds. The first-order chi connectivity index (χ1) is 8.72. The van der Waals surface area contributed by atoms with Gasteiger partial charge in [-0.2, -0.15) is 5.26 Å². The summed E-state index contributed by atoms with van der Waals surface area (Å²) in [5.41, 5.74) is 1.44. The van der Waals surface area contributed by atoms with E-state index >= 15 is 0 Å². The molecule has 0 saturated carbocycles. The Morgan fingerprint density at radius 3 is 2.50 bits per heavy atom. The molecular weight excluding hydrogens is 266 g/mol. The van der Waals surface area contributed by atoms with Crippen LogP contribution in [0.5, 0.6) is 0 Å². The molecule has 0 atom stereocenters. The summed E-state index contributed by atoms with van der Waals surface area (Å²) >= 11 is 7.35. The number of nitrogens with zero attached hydrogens (tertiary/aromatic N) is 1. The Labute approximate surface area is 115 Å². The molecule has 2 aromatic rings. The molecular formula is C14H10ClNOS. The van der Waals surface area contributed by atoms with Crippen molar-refractivity contribution in [2.75, 3.05) is 0 Å². The second kappa shape index (κ2) is 5.92. The minimum Gasteiger partial charge on any atom is -0.392 e. The number of rotatable bonds is 3. The van der Waals surface area contributed by atoms with E-state index in [-0.39, 0.29) is 6.61 Å². The topological polar surface area (TPSA) is 44.0 Å². The van der Waals surface area contributed by atoms with E-state index in [2.05, 4.69) is 6.07 Å². The second-order valence-corrected chi connectivity index (χ2v) is 5.21. The quantitative estimate of drug-likeness (QED) is 0.925. The first kappa shape index (κ1) is 13.0. The maximum atomic E-state index is 9.05. The van der Waals surface area contributed by atoms with Gasteiger partial charge in [0.05, 0.1) is 12.2 Å². The summed E-state index contributed by atoms with van der Waals surface area (Å²) in [6.07, 6.45) is 0. The van der Waals surface area contributed by atoms with Crippen LogP contribution in [0.1, 0.15) is 11.1 Å². The Morgan fingerprint density at radius 2 is 1.89 bits per heavy atom. The normalized spacial score (nSPS) is 10.1. The fourth-order valence-corrected chi connectivity index (χ4v) is 2.52. The summed E-state index contributed by atoms with van der Waals surface area (Å²) in [5.74, 6) is 0. The van der Waals surface area contributed by atoms with Crippen molar-refractivity contribution >= 4 is 23.4 Å². The van der Waals surface area contributed by atoms with Crippen molar-refractivity contribution in [1.29, 1.82) is 5.26 Å². The van der Waals surface area contributed by atoms with E-state index < -0.39 is 0 Å². The van der Waals surface area contributed by atoms with Crippen molar-refractivity contribution in [3.05, 3.63) is 58.6 Å². The first-order valence-electron chi connectivity index (χ1n) is 5.30. The largest absolute Gasteiger partial charge is 0.392 e. The Morgan fingerprint density at radius 1 is 1.17 bits per heavy atom. The van der Waals surface area contributed by atoms with Gasteiger partial charge in [-0.3, -0.25) is 0 Å². The fraction of sp³-hybridized carbons (Fsp3) is 0.0714. The van der Waals surface area contributed by atoms with Gasteiger partial charge in [0.2, 0.25) is 0 Å². The number of aliphatic hydroxyl groups is 1. The average molecular weight is 276 g/mol. The second-order valence-electron chi connectivity index (χ2n) is 3.66. The predicted octanol–water partition coefficient (Wildman–Crippen LogP) is 3.86. The van der Waals surface area contributed by atoms with Crippen molar-refractivity contribution in [3.8, 4) is 6.07 Å². The molecule has 2 nitrogen and oxygen atoms in total. The van der Waals surface area contributed by atoms with Crippen LogP contribution in [-0.4, -0.2) is 5.11 Å². The van der Waals surface area contributed by atoms with E-state index in [0.29, 0.717) is 10.6 Å². The zero-order chi connectivity index (χ0) is 13.0. The molecule has 0 radical (unpaired) electrons. The molecule has 0 aliphatic rings. The van der Waals surface area contributed by atoms with Crippen molar-refractivity contribution < 1.29 is 5.11 Å². The molecule has 2 aromatic carbocycles.